The van der Waals surface area contributed by atoms with Crippen LogP contribution in [0.4, 0.5) is 4.79 Å². The maximum atomic E-state index is 9.03. The highest BCUT2D eigenvalue weighted by molar-refractivity contribution is 5.74. The van der Waals surface area contributed by atoms with Gasteiger partial charge in [0.25, 0.3) is 6.16 Å². The summed E-state index contributed by atoms with van der Waals surface area (Å²) in [5, 5.41) is 10.3. The van der Waals surface area contributed by atoms with Gasteiger partial charge in [-0.05, 0) is 12.1 Å². The van der Waals surface area contributed by atoms with E-state index in [9.17, 15) is 0 Å². The van der Waals surface area contributed by atoms with Crippen LogP contribution < -0.4 is 9.67 Å². The molecule has 0 fully saturated rings. The van der Waals surface area contributed by atoms with Gasteiger partial charge in [0.1, 0.15) is 7.05 Å². The van der Waals surface area contributed by atoms with Gasteiger partial charge < -0.3 is 14.6 Å². The van der Waals surface area contributed by atoms with Gasteiger partial charge in [0.05, 0.1) is 0 Å². The maximum Gasteiger partial charge on any atom is 0.251 e. The first kappa shape index (κ1) is 12.0. The van der Waals surface area contributed by atoms with E-state index in [0.29, 0.717) is 0 Å². The molecule has 0 amide bonds. The lowest BCUT2D eigenvalue weighted by atomic mass is 10.2. The molecule has 4 heteroatoms. The molecule has 2 rings (SSSR count). The number of hydrogen-bond donors (Lipinski definition) is 0. The first-order chi connectivity index (χ1) is 7.65. The number of carbonyl (C=O) groups excluding carboxylic acids is 1. The fraction of sp³-hybridized carbons (Fsp3) is 0.167. The Labute approximate surface area is 93.7 Å². The summed E-state index contributed by atoms with van der Waals surface area (Å²) in [5.74, 6) is 0. The summed E-state index contributed by atoms with van der Waals surface area (Å²) in [6, 6.07) is 12.5. The van der Waals surface area contributed by atoms with Crippen molar-refractivity contribution in [3.05, 3.63) is 42.6 Å². The average molecular weight is 219 g/mol. The van der Waals surface area contributed by atoms with Gasteiger partial charge in [-0.1, -0.05) is 12.1 Å². The number of carboxylic acid groups (broad SMARTS) is 1. The van der Waals surface area contributed by atoms with Crippen molar-refractivity contribution in [2.24, 2.45) is 7.05 Å². The molecule has 1 aromatic heterocycles. The predicted octanol–water partition coefficient (Wildman–Crippen LogP) is 0.640. The normalized spacial score (nSPS) is 9.12. The topological polar surface area (TPSA) is 53.2 Å². The fourth-order valence-corrected chi connectivity index (χ4v) is 1.31. The number of hydrogen-bond acceptors (Lipinski definition) is 3. The number of aromatic nitrogens is 1. The van der Waals surface area contributed by atoms with E-state index in [4.69, 9.17) is 9.90 Å². The molecule has 0 aliphatic carbocycles. The lowest BCUT2D eigenvalue weighted by molar-refractivity contribution is -0.644. The van der Waals surface area contributed by atoms with Gasteiger partial charge in [-0.15, -0.1) is 0 Å². The molecule has 1 aromatic carbocycles. The zero-order valence-electron chi connectivity index (χ0n) is 9.21. The quantitative estimate of drug-likeness (QED) is 0.482. The number of para-hydroxylation sites is 1. The van der Waals surface area contributed by atoms with Gasteiger partial charge in [0.2, 0.25) is 5.52 Å². The molecule has 0 bridgehead atoms. The Morgan fingerprint density at radius 3 is 2.38 bits per heavy atom. The van der Waals surface area contributed by atoms with Crippen LogP contribution in [0.25, 0.3) is 10.9 Å². The number of pyridine rings is 1. The summed E-state index contributed by atoms with van der Waals surface area (Å²) in [7, 11) is 3.09. The third-order valence-corrected chi connectivity index (χ3v) is 2.07. The van der Waals surface area contributed by atoms with E-state index in [2.05, 4.69) is 58.9 Å². The first-order valence-electron chi connectivity index (χ1n) is 4.73. The van der Waals surface area contributed by atoms with Gasteiger partial charge in [-0.25, -0.2) is 4.57 Å². The van der Waals surface area contributed by atoms with Crippen LogP contribution >= 0.6 is 0 Å². The second-order valence-corrected chi connectivity index (χ2v) is 3.13. The zero-order valence-corrected chi connectivity index (χ0v) is 9.21. The van der Waals surface area contributed by atoms with Crippen molar-refractivity contribution in [2.45, 2.75) is 0 Å². The SMILES string of the molecule is COC(=O)[O-].C[n+]1cccc2ccccc21. The van der Waals surface area contributed by atoms with Gasteiger partial charge in [0.15, 0.2) is 6.20 Å². The van der Waals surface area contributed by atoms with Crippen LogP contribution in [0.5, 0.6) is 0 Å². The van der Waals surface area contributed by atoms with Crippen LogP contribution in [0.3, 0.4) is 0 Å². The third-order valence-electron chi connectivity index (χ3n) is 2.07. The number of nitrogens with zero attached hydrogens (tertiary/aromatic N) is 1. The molecule has 0 aliphatic heterocycles. The van der Waals surface area contributed by atoms with Crippen molar-refractivity contribution < 1.29 is 19.2 Å². The molecule has 0 saturated carbocycles. The number of ether oxygens (including phenoxy) is 1. The highest BCUT2D eigenvalue weighted by atomic mass is 16.6. The minimum absolute atomic E-state index is 1.04. The molecule has 16 heavy (non-hydrogen) atoms. The Kier molecular flexibility index (Phi) is 4.27. The van der Waals surface area contributed by atoms with Gasteiger partial charge in [0, 0.05) is 24.6 Å². The van der Waals surface area contributed by atoms with Crippen LogP contribution in [0.15, 0.2) is 42.6 Å². The smallest absolute Gasteiger partial charge is 0.251 e. The summed E-state index contributed by atoms with van der Waals surface area (Å²) in [6.07, 6.45) is 0.562. The van der Waals surface area contributed by atoms with Crippen molar-refractivity contribution in [1.29, 1.82) is 0 Å². The predicted molar refractivity (Wildman–Crippen MR) is 57.5 cm³/mol. The summed E-state index contributed by atoms with van der Waals surface area (Å²) >= 11 is 0. The van der Waals surface area contributed by atoms with Crippen molar-refractivity contribution in [3.8, 4) is 0 Å². The Morgan fingerprint density at radius 1 is 1.25 bits per heavy atom. The van der Waals surface area contributed by atoms with E-state index in [0.717, 1.165) is 7.11 Å². The van der Waals surface area contributed by atoms with Gasteiger partial charge in [-0.3, -0.25) is 0 Å². The van der Waals surface area contributed by atoms with E-state index in [1.807, 2.05) is 0 Å². The van der Waals surface area contributed by atoms with Crippen molar-refractivity contribution in [1.82, 2.24) is 0 Å². The Balaban J connectivity index is 0.000000221. The van der Waals surface area contributed by atoms with E-state index in [1.54, 1.807) is 0 Å². The molecule has 0 unspecified atom stereocenters. The molecular formula is C12H13NO3. The van der Waals surface area contributed by atoms with Gasteiger partial charge >= 0.3 is 0 Å². The maximum absolute atomic E-state index is 9.03. The lowest BCUT2D eigenvalue weighted by Crippen LogP contribution is -2.27. The standard InChI is InChI=1S/C10H10N.C2H4O3/c1-11-8-4-6-9-5-2-3-7-10(9)11;1-5-2(3)4/h2-8H,1H3;1H3,(H,3,4)/q+1;/p-1. The molecule has 0 N–H and O–H groups in total. The highest BCUT2D eigenvalue weighted by Gasteiger charge is 1.99. The minimum atomic E-state index is -1.50. The van der Waals surface area contributed by atoms with E-state index >= 15 is 0 Å². The molecule has 0 atom stereocenters. The average Bonchev–Trinajstić information content (AvgIpc) is 2.30. The van der Waals surface area contributed by atoms with E-state index < -0.39 is 6.16 Å². The third kappa shape index (κ3) is 3.24. The largest absolute Gasteiger partial charge is 0.553 e. The van der Waals surface area contributed by atoms with Crippen LogP contribution in [-0.4, -0.2) is 13.3 Å². The van der Waals surface area contributed by atoms with Crippen molar-refractivity contribution in [3.63, 3.8) is 0 Å². The molecule has 1 heterocycles. The zero-order chi connectivity index (χ0) is 12.0. The van der Waals surface area contributed by atoms with Crippen LogP contribution in [0.1, 0.15) is 0 Å². The molecule has 0 aliphatic rings. The summed E-state index contributed by atoms with van der Waals surface area (Å²) in [5.41, 5.74) is 1.27. The van der Waals surface area contributed by atoms with E-state index in [1.165, 1.54) is 10.9 Å². The Bertz CT molecular complexity index is 477. The molecular weight excluding hydrogens is 206 g/mol. The molecule has 4 nitrogen and oxygen atoms in total. The fourth-order valence-electron chi connectivity index (χ4n) is 1.31. The number of carbonyl (C=O) groups is 1. The molecule has 0 spiro atoms. The minimum Gasteiger partial charge on any atom is -0.553 e. The second kappa shape index (κ2) is 5.70. The highest BCUT2D eigenvalue weighted by Crippen LogP contribution is 2.06. The molecule has 2 aromatic rings. The number of rotatable bonds is 0. The number of methoxy groups -OCH3 is 1. The summed E-state index contributed by atoms with van der Waals surface area (Å²) in [4.78, 5) is 9.03. The van der Waals surface area contributed by atoms with Crippen LogP contribution in [-0.2, 0) is 11.8 Å². The summed E-state index contributed by atoms with van der Waals surface area (Å²) < 4.78 is 5.68. The van der Waals surface area contributed by atoms with Gasteiger partial charge in [-0.2, -0.15) is 0 Å². The van der Waals surface area contributed by atoms with E-state index in [-0.39, 0.29) is 0 Å². The molecule has 0 saturated heterocycles. The monoisotopic (exact) mass is 219 g/mol. The van der Waals surface area contributed by atoms with Crippen LogP contribution in [0.2, 0.25) is 0 Å². The number of aryl methyl sites for hydroxylation is 1. The van der Waals surface area contributed by atoms with Crippen molar-refractivity contribution >= 4 is 17.1 Å². The molecule has 0 radical (unpaired) electrons. The number of fused-ring (bicyclic) bond motifs is 1. The number of benzene rings is 1. The Hall–Kier alpha value is -2.10. The van der Waals surface area contributed by atoms with Crippen molar-refractivity contribution in [2.75, 3.05) is 7.11 Å². The first-order valence-corrected chi connectivity index (χ1v) is 4.73. The molecule has 84 valence electrons. The van der Waals surface area contributed by atoms with Crippen LogP contribution in [0, 0.1) is 0 Å². The Morgan fingerprint density at radius 2 is 1.81 bits per heavy atom. The lowest BCUT2D eigenvalue weighted by Gasteiger charge is -1.93. The summed E-state index contributed by atoms with van der Waals surface area (Å²) in [6.45, 7) is 0. The second-order valence-electron chi connectivity index (χ2n) is 3.13.